The van der Waals surface area contributed by atoms with Crippen molar-refractivity contribution < 1.29 is 9.53 Å². The molecule has 1 aliphatic rings. The first-order chi connectivity index (χ1) is 15.7. The molecule has 0 radical (unpaired) electrons. The fourth-order valence-electron chi connectivity index (χ4n) is 3.61. The zero-order valence-corrected chi connectivity index (χ0v) is 18.0. The van der Waals surface area contributed by atoms with E-state index in [2.05, 4.69) is 42.5 Å². The highest BCUT2D eigenvalue weighted by molar-refractivity contribution is 6.07. The van der Waals surface area contributed by atoms with Gasteiger partial charge in [-0.25, -0.2) is 9.97 Å². The minimum absolute atomic E-state index is 0.0781. The van der Waals surface area contributed by atoms with Crippen LogP contribution in [0.25, 0.3) is 11.3 Å². The van der Waals surface area contributed by atoms with Gasteiger partial charge in [0.25, 0.3) is 5.91 Å². The van der Waals surface area contributed by atoms with Crippen LogP contribution in [0.1, 0.15) is 16.1 Å². The molecule has 4 N–H and O–H groups in total. The third kappa shape index (κ3) is 5.04. The Balaban J connectivity index is 1.58. The molecular formula is C22H26BN7O2. The number of nitrogens with two attached hydrogens (primary N) is 1. The molecule has 0 spiro atoms. The summed E-state index contributed by atoms with van der Waals surface area (Å²) in [5, 5.41) is 6.05. The van der Waals surface area contributed by atoms with Crippen LogP contribution in [0.3, 0.4) is 0 Å². The van der Waals surface area contributed by atoms with E-state index in [4.69, 9.17) is 10.5 Å². The number of carbonyl (C=O) groups excluding carboxylic acids is 1. The van der Waals surface area contributed by atoms with Gasteiger partial charge < -0.3 is 25.9 Å². The van der Waals surface area contributed by atoms with Gasteiger partial charge in [0.05, 0.1) is 42.7 Å². The number of ether oxygens (including phenoxy) is 1. The van der Waals surface area contributed by atoms with Crippen molar-refractivity contribution in [3.8, 4) is 11.3 Å². The molecule has 0 unspecified atom stereocenters. The molecule has 4 rings (SSSR count). The fourth-order valence-corrected chi connectivity index (χ4v) is 3.61. The second-order valence-electron chi connectivity index (χ2n) is 7.49. The number of amides is 1. The van der Waals surface area contributed by atoms with Crippen LogP contribution < -0.4 is 21.2 Å². The summed E-state index contributed by atoms with van der Waals surface area (Å²) in [7, 11) is 1.92. The summed E-state index contributed by atoms with van der Waals surface area (Å²) >= 11 is 0. The number of hydrogen-bond acceptors (Lipinski definition) is 8. The van der Waals surface area contributed by atoms with Gasteiger partial charge in [0, 0.05) is 24.8 Å². The maximum atomic E-state index is 13.1. The van der Waals surface area contributed by atoms with E-state index in [-0.39, 0.29) is 11.5 Å². The second-order valence-corrected chi connectivity index (χ2v) is 7.49. The topological polar surface area (TPSA) is 118 Å². The Kier molecular flexibility index (Phi) is 6.93. The lowest BCUT2D eigenvalue weighted by Crippen LogP contribution is -2.36. The van der Waals surface area contributed by atoms with Crippen molar-refractivity contribution in [1.82, 2.24) is 20.2 Å². The van der Waals surface area contributed by atoms with Crippen LogP contribution in [0.4, 0.5) is 17.2 Å². The van der Waals surface area contributed by atoms with Gasteiger partial charge in [-0.1, -0.05) is 18.2 Å². The number of benzene rings is 1. The van der Waals surface area contributed by atoms with Gasteiger partial charge >= 0.3 is 0 Å². The molecule has 2 aromatic heterocycles. The van der Waals surface area contributed by atoms with E-state index in [0.29, 0.717) is 24.6 Å². The summed E-state index contributed by atoms with van der Waals surface area (Å²) in [4.78, 5) is 28.2. The van der Waals surface area contributed by atoms with Gasteiger partial charge in [0.15, 0.2) is 19.5 Å². The SMILES string of the molecule is BNCCc1cccc(-c2cnc(N)c(C(=O)Nc3cnccc3N3CCOCC3)n2)c1. The summed E-state index contributed by atoms with van der Waals surface area (Å²) in [6.07, 6.45) is 5.82. The average Bonchev–Trinajstić information content (AvgIpc) is 2.84. The van der Waals surface area contributed by atoms with Gasteiger partial charge in [0.2, 0.25) is 0 Å². The Bertz CT molecular complexity index is 1090. The summed E-state index contributed by atoms with van der Waals surface area (Å²) in [5.74, 6) is -0.347. The zero-order valence-electron chi connectivity index (χ0n) is 18.0. The number of nitrogens with one attached hydrogen (secondary N) is 2. The smallest absolute Gasteiger partial charge is 0.278 e. The van der Waals surface area contributed by atoms with Crippen molar-refractivity contribution in [2.24, 2.45) is 0 Å². The molecule has 1 amide bonds. The first kappa shape index (κ1) is 21.7. The highest BCUT2D eigenvalue weighted by Gasteiger charge is 2.19. The maximum absolute atomic E-state index is 13.1. The summed E-state index contributed by atoms with van der Waals surface area (Å²) in [5.41, 5.74) is 10.2. The van der Waals surface area contributed by atoms with Crippen LogP contribution in [0.2, 0.25) is 0 Å². The minimum atomic E-state index is -0.425. The number of pyridine rings is 1. The normalized spacial score (nSPS) is 13.7. The lowest BCUT2D eigenvalue weighted by Gasteiger charge is -2.30. The van der Waals surface area contributed by atoms with Gasteiger partial charge in [-0.15, -0.1) is 0 Å². The maximum Gasteiger partial charge on any atom is 0.278 e. The van der Waals surface area contributed by atoms with Crippen LogP contribution in [-0.4, -0.2) is 61.7 Å². The molecule has 1 aliphatic heterocycles. The Morgan fingerprint density at radius 2 is 2.06 bits per heavy atom. The molecule has 9 nitrogen and oxygen atoms in total. The molecule has 3 aromatic rings. The standard InChI is InChI=1S/C22H26BN7O2/c23-27-7-4-15-2-1-3-16(12-15)17-14-26-21(24)20(28-17)22(31)29-18-13-25-6-5-19(18)30-8-10-32-11-9-30/h1-3,5-6,12-14,27H,4,7-11,23H2,(H2,24,26)(H,29,31). The van der Waals surface area contributed by atoms with Crippen LogP contribution in [0.15, 0.2) is 48.9 Å². The molecule has 0 atom stereocenters. The van der Waals surface area contributed by atoms with E-state index in [1.165, 1.54) is 5.56 Å². The van der Waals surface area contributed by atoms with E-state index < -0.39 is 5.91 Å². The van der Waals surface area contributed by atoms with Gasteiger partial charge in [0.1, 0.15) is 0 Å². The van der Waals surface area contributed by atoms with Crippen LogP contribution in [0.5, 0.6) is 0 Å². The Labute approximate surface area is 187 Å². The van der Waals surface area contributed by atoms with Crippen LogP contribution in [-0.2, 0) is 11.2 Å². The number of aromatic nitrogens is 3. The van der Waals surface area contributed by atoms with Crippen LogP contribution in [0, 0.1) is 0 Å². The average molecular weight is 431 g/mol. The quantitative estimate of drug-likeness (QED) is 0.472. The predicted octanol–water partition coefficient (Wildman–Crippen LogP) is 0.890. The lowest BCUT2D eigenvalue weighted by atomic mass is 10.1. The van der Waals surface area contributed by atoms with Gasteiger partial charge in [-0.2, -0.15) is 0 Å². The molecule has 0 aliphatic carbocycles. The van der Waals surface area contributed by atoms with Crippen molar-refractivity contribution >= 4 is 31.1 Å². The van der Waals surface area contributed by atoms with E-state index in [1.54, 1.807) is 18.6 Å². The van der Waals surface area contributed by atoms with E-state index in [9.17, 15) is 4.79 Å². The molecular weight excluding hydrogens is 405 g/mol. The van der Waals surface area contributed by atoms with E-state index in [1.807, 2.05) is 26.2 Å². The van der Waals surface area contributed by atoms with Crippen LogP contribution >= 0.6 is 0 Å². The van der Waals surface area contributed by atoms with Crippen molar-refractivity contribution in [2.45, 2.75) is 6.42 Å². The first-order valence-corrected chi connectivity index (χ1v) is 10.6. The monoisotopic (exact) mass is 431 g/mol. The molecule has 1 fully saturated rings. The van der Waals surface area contributed by atoms with E-state index >= 15 is 0 Å². The fraction of sp³-hybridized carbons (Fsp3) is 0.273. The second kappa shape index (κ2) is 10.2. The number of hydrogen-bond donors (Lipinski definition) is 3. The summed E-state index contributed by atoms with van der Waals surface area (Å²) in [6, 6.07) is 9.92. The van der Waals surface area contributed by atoms with Gasteiger partial charge in [-0.3, -0.25) is 9.78 Å². The Morgan fingerprint density at radius 1 is 1.22 bits per heavy atom. The predicted molar refractivity (Wildman–Crippen MR) is 127 cm³/mol. The number of morpholine rings is 1. The molecule has 3 heterocycles. The van der Waals surface area contributed by atoms with Crippen molar-refractivity contribution in [3.05, 3.63) is 60.2 Å². The highest BCUT2D eigenvalue weighted by Crippen LogP contribution is 2.27. The minimum Gasteiger partial charge on any atom is -0.382 e. The third-order valence-corrected chi connectivity index (χ3v) is 5.30. The molecule has 1 saturated heterocycles. The third-order valence-electron chi connectivity index (χ3n) is 5.30. The number of rotatable bonds is 7. The Hall–Kier alpha value is -3.50. The zero-order chi connectivity index (χ0) is 22.3. The molecule has 0 saturated carbocycles. The molecule has 1 aromatic carbocycles. The first-order valence-electron chi connectivity index (χ1n) is 10.6. The largest absolute Gasteiger partial charge is 0.382 e. The Morgan fingerprint density at radius 3 is 2.88 bits per heavy atom. The highest BCUT2D eigenvalue weighted by atomic mass is 16.5. The van der Waals surface area contributed by atoms with E-state index in [0.717, 1.165) is 37.3 Å². The molecule has 0 bridgehead atoms. The molecule has 32 heavy (non-hydrogen) atoms. The number of carbonyl (C=O) groups is 1. The molecule has 10 heteroatoms. The van der Waals surface area contributed by atoms with Crippen molar-refractivity contribution in [3.63, 3.8) is 0 Å². The molecule has 164 valence electrons. The number of nitrogen functional groups attached to an aromatic ring is 1. The summed E-state index contributed by atoms with van der Waals surface area (Å²) in [6.45, 7) is 3.65. The number of anilines is 3. The van der Waals surface area contributed by atoms with Gasteiger partial charge in [-0.05, 0) is 30.7 Å². The van der Waals surface area contributed by atoms with Crippen molar-refractivity contribution in [2.75, 3.05) is 48.8 Å². The summed E-state index contributed by atoms with van der Waals surface area (Å²) < 4.78 is 5.43. The number of nitrogens with zero attached hydrogens (tertiary/aromatic N) is 4. The van der Waals surface area contributed by atoms with Crippen molar-refractivity contribution in [1.29, 1.82) is 0 Å². The lowest BCUT2D eigenvalue weighted by molar-refractivity contribution is 0.102.